The highest BCUT2D eigenvalue weighted by molar-refractivity contribution is 5.93. The van der Waals surface area contributed by atoms with Crippen LogP contribution in [0.5, 0.6) is 0 Å². The predicted molar refractivity (Wildman–Crippen MR) is 87.3 cm³/mol. The van der Waals surface area contributed by atoms with Gasteiger partial charge < -0.3 is 15.8 Å². The van der Waals surface area contributed by atoms with Gasteiger partial charge in [-0.3, -0.25) is 9.69 Å². The normalized spacial score (nSPS) is 12.4. The third kappa shape index (κ3) is 6.14. The Balaban J connectivity index is 2.34. The first-order valence-electron chi connectivity index (χ1n) is 7.45. The van der Waals surface area contributed by atoms with Gasteiger partial charge >= 0.3 is 0 Å². The lowest BCUT2D eigenvalue weighted by Crippen LogP contribution is -2.37. The Kier molecular flexibility index (Phi) is 7.79. The summed E-state index contributed by atoms with van der Waals surface area (Å²) in [6.45, 7) is 6.81. The molecule has 0 bridgehead atoms. The van der Waals surface area contributed by atoms with Crippen molar-refractivity contribution in [1.82, 2.24) is 4.90 Å². The molecule has 0 heterocycles. The van der Waals surface area contributed by atoms with Gasteiger partial charge in [-0.25, -0.2) is 0 Å². The fraction of sp³-hybridized carbons (Fsp3) is 0.562. The molecule has 0 fully saturated rings. The number of hydrogen-bond donors (Lipinski definition) is 2. The molecule has 5 heteroatoms. The Morgan fingerprint density at radius 1 is 1.43 bits per heavy atom. The van der Waals surface area contributed by atoms with Crippen LogP contribution < -0.4 is 11.1 Å². The van der Waals surface area contributed by atoms with Crippen LogP contribution in [0.2, 0.25) is 0 Å². The highest BCUT2D eigenvalue weighted by atomic mass is 16.5. The summed E-state index contributed by atoms with van der Waals surface area (Å²) in [6.07, 6.45) is 1.31. The molecule has 1 amide bonds. The van der Waals surface area contributed by atoms with Gasteiger partial charge in [0.05, 0.1) is 18.0 Å². The van der Waals surface area contributed by atoms with E-state index in [4.69, 9.17) is 10.5 Å². The number of likely N-dealkylation sites (N-methyl/N-ethyl adjacent to an activating group) is 1. The van der Waals surface area contributed by atoms with E-state index in [0.717, 1.165) is 19.5 Å². The molecule has 0 aliphatic carbocycles. The largest absolute Gasteiger partial charge is 0.397 e. The molecule has 1 unspecified atom stereocenters. The number of benzene rings is 1. The number of nitrogen functional groups attached to an aromatic ring is 1. The minimum Gasteiger partial charge on any atom is -0.397 e. The summed E-state index contributed by atoms with van der Waals surface area (Å²) in [4.78, 5) is 14.2. The quantitative estimate of drug-likeness (QED) is 0.686. The van der Waals surface area contributed by atoms with Gasteiger partial charge in [0.2, 0.25) is 5.91 Å². The summed E-state index contributed by atoms with van der Waals surface area (Å²) >= 11 is 0. The Morgan fingerprint density at radius 3 is 2.76 bits per heavy atom. The van der Waals surface area contributed by atoms with Crippen molar-refractivity contribution < 1.29 is 9.53 Å². The number of nitrogens with one attached hydrogen (secondary N) is 1. The molecule has 3 N–H and O–H groups in total. The zero-order valence-corrected chi connectivity index (χ0v) is 13.3. The Labute approximate surface area is 127 Å². The molecule has 0 aliphatic rings. The Morgan fingerprint density at radius 2 is 2.14 bits per heavy atom. The van der Waals surface area contributed by atoms with Crippen molar-refractivity contribution in [3.05, 3.63) is 24.3 Å². The first-order valence-corrected chi connectivity index (χ1v) is 7.45. The smallest absolute Gasteiger partial charge is 0.224 e. The number of para-hydroxylation sites is 2. The third-order valence-corrected chi connectivity index (χ3v) is 3.52. The Hall–Kier alpha value is -1.59. The second kappa shape index (κ2) is 9.37. The van der Waals surface area contributed by atoms with Gasteiger partial charge in [-0.15, -0.1) is 0 Å². The van der Waals surface area contributed by atoms with Crippen LogP contribution >= 0.6 is 0 Å². The van der Waals surface area contributed by atoms with E-state index in [1.54, 1.807) is 13.2 Å². The number of rotatable bonds is 9. The second-order valence-corrected chi connectivity index (χ2v) is 5.17. The number of methoxy groups -OCH3 is 1. The average Bonchev–Trinajstić information content (AvgIpc) is 2.46. The van der Waals surface area contributed by atoms with E-state index in [0.29, 0.717) is 30.4 Å². The zero-order valence-electron chi connectivity index (χ0n) is 13.3. The van der Waals surface area contributed by atoms with Gasteiger partial charge in [-0.1, -0.05) is 19.1 Å². The standard InChI is InChI=1S/C16H27N3O2/c1-4-19(13(2)12-21-3)11-7-10-16(20)18-15-9-6-5-8-14(15)17/h5-6,8-9,13H,4,7,10-12,17H2,1-3H3,(H,18,20). The lowest BCUT2D eigenvalue weighted by Gasteiger charge is -2.27. The number of nitrogens with zero attached hydrogens (tertiary/aromatic N) is 1. The molecule has 0 radical (unpaired) electrons. The summed E-state index contributed by atoms with van der Waals surface area (Å²) in [7, 11) is 1.71. The summed E-state index contributed by atoms with van der Waals surface area (Å²) in [5.74, 6) is 0.00310. The van der Waals surface area contributed by atoms with Crippen molar-refractivity contribution in [2.24, 2.45) is 0 Å². The van der Waals surface area contributed by atoms with Gasteiger partial charge in [0.25, 0.3) is 0 Å². The predicted octanol–water partition coefficient (Wildman–Crippen LogP) is 2.34. The third-order valence-electron chi connectivity index (χ3n) is 3.52. The molecule has 0 aromatic heterocycles. The number of ether oxygens (including phenoxy) is 1. The summed E-state index contributed by atoms with van der Waals surface area (Å²) in [5, 5.41) is 2.85. The minimum absolute atomic E-state index is 0.00310. The van der Waals surface area contributed by atoms with E-state index < -0.39 is 0 Å². The van der Waals surface area contributed by atoms with Crippen LogP contribution in [0.4, 0.5) is 11.4 Å². The molecule has 1 aromatic carbocycles. The topological polar surface area (TPSA) is 67.6 Å². The van der Waals surface area contributed by atoms with Crippen LogP contribution in [0, 0.1) is 0 Å². The van der Waals surface area contributed by atoms with Crippen molar-refractivity contribution >= 4 is 17.3 Å². The molecule has 0 saturated heterocycles. The zero-order chi connectivity index (χ0) is 15.7. The minimum atomic E-state index is 0.00310. The van der Waals surface area contributed by atoms with Crippen molar-refractivity contribution in [3.63, 3.8) is 0 Å². The maximum absolute atomic E-state index is 11.9. The number of hydrogen-bond acceptors (Lipinski definition) is 4. The van der Waals surface area contributed by atoms with E-state index in [1.165, 1.54) is 0 Å². The van der Waals surface area contributed by atoms with Crippen molar-refractivity contribution in [2.45, 2.75) is 32.7 Å². The molecule has 21 heavy (non-hydrogen) atoms. The van der Waals surface area contributed by atoms with Crippen LogP contribution in [0.3, 0.4) is 0 Å². The molecule has 1 aromatic rings. The van der Waals surface area contributed by atoms with E-state index in [1.807, 2.05) is 18.2 Å². The van der Waals surface area contributed by atoms with Gasteiger partial charge in [0.1, 0.15) is 0 Å². The van der Waals surface area contributed by atoms with E-state index in [2.05, 4.69) is 24.1 Å². The van der Waals surface area contributed by atoms with Gasteiger partial charge in [-0.05, 0) is 38.6 Å². The Bertz CT molecular complexity index is 437. The van der Waals surface area contributed by atoms with E-state index in [9.17, 15) is 4.79 Å². The van der Waals surface area contributed by atoms with Gasteiger partial charge in [0.15, 0.2) is 0 Å². The maximum atomic E-state index is 11.9. The van der Waals surface area contributed by atoms with E-state index in [-0.39, 0.29) is 5.91 Å². The molecule has 0 spiro atoms. The maximum Gasteiger partial charge on any atom is 0.224 e. The first kappa shape index (κ1) is 17.5. The molecule has 0 aliphatic heterocycles. The first-order chi connectivity index (χ1) is 10.1. The van der Waals surface area contributed by atoms with Crippen LogP contribution in [0.15, 0.2) is 24.3 Å². The lowest BCUT2D eigenvalue weighted by atomic mass is 10.2. The second-order valence-electron chi connectivity index (χ2n) is 5.17. The van der Waals surface area contributed by atoms with Crippen LogP contribution in [-0.2, 0) is 9.53 Å². The van der Waals surface area contributed by atoms with Gasteiger partial charge in [-0.2, -0.15) is 0 Å². The molecule has 1 rings (SSSR count). The molecular formula is C16H27N3O2. The number of amides is 1. The number of anilines is 2. The number of carbonyl (C=O) groups excluding carboxylic acids is 1. The summed E-state index contributed by atoms with van der Waals surface area (Å²) < 4.78 is 5.17. The van der Waals surface area contributed by atoms with E-state index >= 15 is 0 Å². The number of nitrogens with two attached hydrogens (primary N) is 1. The summed E-state index contributed by atoms with van der Waals surface area (Å²) in [6, 6.07) is 7.67. The SMILES string of the molecule is CCN(CCCC(=O)Nc1ccccc1N)C(C)COC. The fourth-order valence-electron chi connectivity index (χ4n) is 2.30. The summed E-state index contributed by atoms with van der Waals surface area (Å²) in [5.41, 5.74) is 7.08. The van der Waals surface area contributed by atoms with Crippen molar-refractivity contribution in [1.29, 1.82) is 0 Å². The monoisotopic (exact) mass is 293 g/mol. The highest BCUT2D eigenvalue weighted by Gasteiger charge is 2.12. The van der Waals surface area contributed by atoms with Crippen LogP contribution in [0.1, 0.15) is 26.7 Å². The highest BCUT2D eigenvalue weighted by Crippen LogP contribution is 2.17. The van der Waals surface area contributed by atoms with Crippen LogP contribution in [-0.4, -0.2) is 43.7 Å². The van der Waals surface area contributed by atoms with Crippen molar-refractivity contribution in [2.75, 3.05) is 37.9 Å². The lowest BCUT2D eigenvalue weighted by molar-refractivity contribution is -0.116. The number of carbonyl (C=O) groups is 1. The average molecular weight is 293 g/mol. The molecule has 5 nitrogen and oxygen atoms in total. The molecule has 0 saturated carbocycles. The molecule has 1 atom stereocenters. The molecule has 118 valence electrons. The van der Waals surface area contributed by atoms with Crippen LogP contribution in [0.25, 0.3) is 0 Å². The fourth-order valence-corrected chi connectivity index (χ4v) is 2.30. The molecular weight excluding hydrogens is 266 g/mol. The van der Waals surface area contributed by atoms with Gasteiger partial charge in [0, 0.05) is 19.6 Å². The van der Waals surface area contributed by atoms with Crippen molar-refractivity contribution in [3.8, 4) is 0 Å².